The highest BCUT2D eigenvalue weighted by Crippen LogP contribution is 2.22. The fourth-order valence-electron chi connectivity index (χ4n) is 2.22. The molecule has 3 nitrogen and oxygen atoms in total. The van der Waals surface area contributed by atoms with Gasteiger partial charge in [-0.1, -0.05) is 42.5 Å². The summed E-state index contributed by atoms with van der Waals surface area (Å²) in [5, 5.41) is 21.0. The van der Waals surface area contributed by atoms with E-state index in [1.54, 1.807) is 12.3 Å². The maximum Gasteiger partial charge on any atom is 0.508 e. The zero-order valence-electron chi connectivity index (χ0n) is 10.2. The van der Waals surface area contributed by atoms with Crippen molar-refractivity contribution in [2.45, 2.75) is 0 Å². The van der Waals surface area contributed by atoms with Gasteiger partial charge in [-0.3, -0.25) is 4.98 Å². The molecule has 4 heteroatoms. The van der Waals surface area contributed by atoms with E-state index in [1.165, 1.54) is 0 Å². The Labute approximate surface area is 111 Å². The van der Waals surface area contributed by atoms with Crippen molar-refractivity contribution < 1.29 is 10.0 Å². The van der Waals surface area contributed by atoms with Crippen molar-refractivity contribution in [3.63, 3.8) is 0 Å². The number of hydrogen-bond donors (Lipinski definition) is 2. The van der Waals surface area contributed by atoms with Crippen LogP contribution in [0.2, 0.25) is 0 Å². The van der Waals surface area contributed by atoms with Crippen LogP contribution in [0.5, 0.6) is 0 Å². The van der Waals surface area contributed by atoms with Gasteiger partial charge in [-0.15, -0.1) is 0 Å². The first-order chi connectivity index (χ1) is 9.25. The first kappa shape index (κ1) is 11.9. The quantitative estimate of drug-likeness (QED) is 0.678. The molecule has 2 N–H and O–H groups in total. The summed E-state index contributed by atoms with van der Waals surface area (Å²) in [5.41, 5.74) is 1.94. The molecule has 3 rings (SSSR count). The number of aromatic nitrogens is 1. The third kappa shape index (κ3) is 2.23. The van der Waals surface area contributed by atoms with Gasteiger partial charge in [-0.25, -0.2) is 0 Å². The van der Waals surface area contributed by atoms with Gasteiger partial charge in [0.2, 0.25) is 0 Å². The molecule has 92 valence electrons. The van der Waals surface area contributed by atoms with Gasteiger partial charge in [0.1, 0.15) is 0 Å². The number of hydrogen-bond acceptors (Lipinski definition) is 3. The lowest BCUT2D eigenvalue weighted by molar-refractivity contribution is 0.424. The van der Waals surface area contributed by atoms with Gasteiger partial charge in [0.25, 0.3) is 0 Å². The molecular formula is C15H12BNO2. The summed E-state index contributed by atoms with van der Waals surface area (Å²) in [5.74, 6) is 0. The molecule has 0 amide bonds. The van der Waals surface area contributed by atoms with Crippen molar-refractivity contribution >= 4 is 23.5 Å². The van der Waals surface area contributed by atoms with Crippen LogP contribution in [0, 0.1) is 0 Å². The highest BCUT2D eigenvalue weighted by molar-refractivity contribution is 6.59. The number of rotatable bonds is 2. The van der Waals surface area contributed by atoms with Crippen LogP contribution >= 0.6 is 0 Å². The Bertz CT molecular complexity index is 728. The lowest BCUT2D eigenvalue weighted by Gasteiger charge is -2.08. The van der Waals surface area contributed by atoms with E-state index in [0.29, 0.717) is 0 Å². The van der Waals surface area contributed by atoms with Gasteiger partial charge in [0.05, 0.1) is 5.59 Å². The Balaban J connectivity index is 2.19. The smallest absolute Gasteiger partial charge is 0.422 e. The Morgan fingerprint density at radius 3 is 2.42 bits per heavy atom. The molecular weight excluding hydrogens is 237 g/mol. The van der Waals surface area contributed by atoms with Crippen LogP contribution in [0.1, 0.15) is 0 Å². The molecule has 0 radical (unpaired) electrons. The molecule has 0 aliphatic heterocycles. The summed E-state index contributed by atoms with van der Waals surface area (Å²) in [6.07, 6.45) is 1.55. The molecule has 3 aromatic rings. The highest BCUT2D eigenvalue weighted by Gasteiger charge is 2.18. The van der Waals surface area contributed by atoms with E-state index in [-0.39, 0.29) is 5.59 Å². The molecule has 0 bridgehead atoms. The first-order valence-electron chi connectivity index (χ1n) is 6.06. The van der Waals surface area contributed by atoms with Gasteiger partial charge in [0, 0.05) is 6.20 Å². The molecule has 0 aliphatic carbocycles. The molecule has 2 aromatic carbocycles. The van der Waals surface area contributed by atoms with E-state index in [2.05, 4.69) is 4.98 Å². The number of nitrogens with zero attached hydrogens (tertiary/aromatic N) is 1. The van der Waals surface area contributed by atoms with Crippen molar-refractivity contribution in [1.82, 2.24) is 4.98 Å². The van der Waals surface area contributed by atoms with Crippen LogP contribution in [0.3, 0.4) is 0 Å². The van der Waals surface area contributed by atoms with Crippen LogP contribution in [-0.4, -0.2) is 22.2 Å². The number of benzene rings is 2. The molecule has 19 heavy (non-hydrogen) atoms. The molecule has 0 atom stereocenters. The van der Waals surface area contributed by atoms with Crippen LogP contribution in [-0.2, 0) is 0 Å². The summed E-state index contributed by atoms with van der Waals surface area (Å²) >= 11 is 0. The fourth-order valence-corrected chi connectivity index (χ4v) is 2.22. The van der Waals surface area contributed by atoms with Crippen LogP contribution in [0.25, 0.3) is 21.9 Å². The SMILES string of the molecule is OB(O)c1ncccc1-c1ccc2ccccc2c1. The van der Waals surface area contributed by atoms with Gasteiger partial charge in [-0.05, 0) is 34.0 Å². The van der Waals surface area contributed by atoms with Crippen molar-refractivity contribution in [2.24, 2.45) is 0 Å². The summed E-state index contributed by atoms with van der Waals surface area (Å²) in [6, 6.07) is 17.7. The fraction of sp³-hybridized carbons (Fsp3) is 0. The normalized spacial score (nSPS) is 10.6. The third-order valence-corrected chi connectivity index (χ3v) is 3.14. The molecule has 0 spiro atoms. The Morgan fingerprint density at radius 2 is 1.63 bits per heavy atom. The Hall–Kier alpha value is -2.17. The van der Waals surface area contributed by atoms with Crippen LogP contribution in [0.15, 0.2) is 60.8 Å². The van der Waals surface area contributed by atoms with E-state index in [9.17, 15) is 10.0 Å². The second-order valence-electron chi connectivity index (χ2n) is 4.37. The minimum Gasteiger partial charge on any atom is -0.422 e. The van der Waals surface area contributed by atoms with Gasteiger partial charge >= 0.3 is 7.12 Å². The summed E-state index contributed by atoms with van der Waals surface area (Å²) in [4.78, 5) is 4.03. The predicted octanol–water partition coefficient (Wildman–Crippen LogP) is 1.58. The molecule has 1 aromatic heterocycles. The molecule has 0 unspecified atom stereocenters. The second kappa shape index (κ2) is 4.84. The Morgan fingerprint density at radius 1 is 0.842 bits per heavy atom. The maximum atomic E-state index is 9.37. The first-order valence-corrected chi connectivity index (χ1v) is 6.06. The predicted molar refractivity (Wildman–Crippen MR) is 77.0 cm³/mol. The number of pyridine rings is 1. The Kier molecular flexibility index (Phi) is 3.03. The monoisotopic (exact) mass is 249 g/mol. The summed E-state index contributed by atoms with van der Waals surface area (Å²) in [6.45, 7) is 0. The molecule has 0 aliphatic rings. The molecule has 0 saturated carbocycles. The van der Waals surface area contributed by atoms with Crippen molar-refractivity contribution in [2.75, 3.05) is 0 Å². The minimum absolute atomic E-state index is 0.276. The van der Waals surface area contributed by atoms with Gasteiger partial charge in [0.15, 0.2) is 0 Å². The maximum absolute atomic E-state index is 9.37. The summed E-state index contributed by atoms with van der Waals surface area (Å²) in [7, 11) is -1.57. The lowest BCUT2D eigenvalue weighted by Crippen LogP contribution is -2.34. The second-order valence-corrected chi connectivity index (χ2v) is 4.37. The summed E-state index contributed by atoms with van der Waals surface area (Å²) < 4.78 is 0. The number of fused-ring (bicyclic) bond motifs is 1. The van der Waals surface area contributed by atoms with E-state index in [1.807, 2.05) is 48.5 Å². The highest BCUT2D eigenvalue weighted by atomic mass is 16.4. The topological polar surface area (TPSA) is 53.4 Å². The zero-order chi connectivity index (χ0) is 13.2. The van der Waals surface area contributed by atoms with Crippen molar-refractivity contribution in [3.8, 4) is 11.1 Å². The molecule has 0 saturated heterocycles. The van der Waals surface area contributed by atoms with Crippen molar-refractivity contribution in [1.29, 1.82) is 0 Å². The largest absolute Gasteiger partial charge is 0.508 e. The zero-order valence-corrected chi connectivity index (χ0v) is 10.2. The van der Waals surface area contributed by atoms with E-state index < -0.39 is 7.12 Å². The standard InChI is InChI=1S/C15H12BNO2/c18-16(19)15-14(6-3-9-17-15)13-8-7-11-4-1-2-5-12(11)10-13/h1-10,18-19H. The average molecular weight is 249 g/mol. The van der Waals surface area contributed by atoms with Crippen LogP contribution in [0.4, 0.5) is 0 Å². The van der Waals surface area contributed by atoms with Gasteiger partial charge < -0.3 is 10.0 Å². The van der Waals surface area contributed by atoms with E-state index in [0.717, 1.165) is 21.9 Å². The van der Waals surface area contributed by atoms with Crippen molar-refractivity contribution in [3.05, 3.63) is 60.8 Å². The van der Waals surface area contributed by atoms with Crippen LogP contribution < -0.4 is 5.59 Å². The van der Waals surface area contributed by atoms with Gasteiger partial charge in [-0.2, -0.15) is 0 Å². The third-order valence-electron chi connectivity index (χ3n) is 3.14. The average Bonchev–Trinajstić information content (AvgIpc) is 2.46. The van der Waals surface area contributed by atoms with E-state index in [4.69, 9.17) is 0 Å². The molecule has 0 fully saturated rings. The minimum atomic E-state index is -1.57. The molecule has 1 heterocycles. The van der Waals surface area contributed by atoms with E-state index >= 15 is 0 Å². The lowest BCUT2D eigenvalue weighted by atomic mass is 9.80.